The number of amides is 1. The summed E-state index contributed by atoms with van der Waals surface area (Å²) in [6, 6.07) is 8.16. The van der Waals surface area contributed by atoms with Crippen molar-refractivity contribution in [2.45, 2.75) is 31.9 Å². The molecule has 0 unspecified atom stereocenters. The first-order chi connectivity index (χ1) is 13.6. The number of fused-ring (bicyclic) bond motifs is 1. The molecule has 146 valence electrons. The van der Waals surface area contributed by atoms with Gasteiger partial charge in [0.25, 0.3) is 5.56 Å². The molecule has 0 spiro atoms. The lowest BCUT2D eigenvalue weighted by molar-refractivity contribution is -0.129. The van der Waals surface area contributed by atoms with Gasteiger partial charge in [-0.3, -0.25) is 9.59 Å². The Bertz CT molecular complexity index is 1030. The minimum atomic E-state index is -0.111. The molecule has 1 amide bonds. The van der Waals surface area contributed by atoms with E-state index in [0.717, 1.165) is 41.9 Å². The van der Waals surface area contributed by atoms with Gasteiger partial charge in [-0.25, -0.2) is 4.98 Å². The van der Waals surface area contributed by atoms with Gasteiger partial charge in [0.1, 0.15) is 10.7 Å². The third-order valence-electron chi connectivity index (χ3n) is 5.03. The summed E-state index contributed by atoms with van der Waals surface area (Å²) in [6.07, 6.45) is 3.42. The van der Waals surface area contributed by atoms with Gasteiger partial charge in [0.05, 0.1) is 16.9 Å². The molecule has 0 aliphatic carbocycles. The van der Waals surface area contributed by atoms with Crippen LogP contribution in [0.15, 0.2) is 34.4 Å². The summed E-state index contributed by atoms with van der Waals surface area (Å²) < 4.78 is 0. The lowest BCUT2D eigenvalue weighted by Gasteiger charge is -2.26. The van der Waals surface area contributed by atoms with E-state index in [1.165, 1.54) is 35.1 Å². The van der Waals surface area contributed by atoms with E-state index in [1.807, 2.05) is 41.5 Å². The van der Waals surface area contributed by atoms with Gasteiger partial charge in [0.15, 0.2) is 0 Å². The van der Waals surface area contributed by atoms with Crippen LogP contribution in [0.1, 0.15) is 30.7 Å². The fraction of sp³-hybridized carbons (Fsp3) is 0.381. The molecule has 0 saturated carbocycles. The van der Waals surface area contributed by atoms with Crippen molar-refractivity contribution < 1.29 is 4.79 Å². The van der Waals surface area contributed by atoms with E-state index in [-0.39, 0.29) is 11.5 Å². The first kappa shape index (κ1) is 19.2. The largest absolute Gasteiger partial charge is 0.342 e. The highest BCUT2D eigenvalue weighted by atomic mass is 32.2. The second-order valence-corrected chi connectivity index (χ2v) is 8.99. The smallest absolute Gasteiger partial charge is 0.260 e. The summed E-state index contributed by atoms with van der Waals surface area (Å²) in [4.78, 5) is 35.2. The summed E-state index contributed by atoms with van der Waals surface area (Å²) in [5, 5.41) is 2.64. The molecular formula is C21H23N3O2S2. The highest BCUT2D eigenvalue weighted by Crippen LogP contribution is 2.31. The first-order valence-corrected chi connectivity index (χ1v) is 11.6. The van der Waals surface area contributed by atoms with Crippen LogP contribution in [-0.4, -0.2) is 39.6 Å². The van der Waals surface area contributed by atoms with Gasteiger partial charge in [-0.05, 0) is 31.7 Å². The minimum Gasteiger partial charge on any atom is -0.342 e. The molecule has 1 aromatic carbocycles. The van der Waals surface area contributed by atoms with Crippen LogP contribution in [-0.2, 0) is 10.5 Å². The van der Waals surface area contributed by atoms with Crippen molar-refractivity contribution in [1.82, 2.24) is 14.9 Å². The van der Waals surface area contributed by atoms with Crippen LogP contribution in [0.3, 0.4) is 0 Å². The first-order valence-electron chi connectivity index (χ1n) is 9.55. The lowest BCUT2D eigenvalue weighted by Crippen LogP contribution is -2.36. The molecule has 1 aliphatic heterocycles. The molecular weight excluding hydrogens is 390 g/mol. The van der Waals surface area contributed by atoms with Gasteiger partial charge >= 0.3 is 0 Å². The van der Waals surface area contributed by atoms with E-state index in [9.17, 15) is 9.59 Å². The summed E-state index contributed by atoms with van der Waals surface area (Å²) in [5.41, 5.74) is 3.03. The van der Waals surface area contributed by atoms with Gasteiger partial charge in [-0.1, -0.05) is 29.8 Å². The van der Waals surface area contributed by atoms with Gasteiger partial charge < -0.3 is 9.88 Å². The average Bonchev–Trinajstić information content (AvgIpc) is 3.14. The second-order valence-electron chi connectivity index (χ2n) is 7.14. The number of carbonyl (C=O) groups excluding carboxylic acids is 1. The molecule has 4 rings (SSSR count). The molecule has 0 atom stereocenters. The van der Waals surface area contributed by atoms with Crippen molar-refractivity contribution in [3.63, 3.8) is 0 Å². The lowest BCUT2D eigenvalue weighted by atomic mass is 10.1. The highest BCUT2D eigenvalue weighted by Gasteiger charge is 2.17. The zero-order valence-electron chi connectivity index (χ0n) is 15.9. The fourth-order valence-electron chi connectivity index (χ4n) is 3.48. The zero-order chi connectivity index (χ0) is 19.5. The summed E-state index contributed by atoms with van der Waals surface area (Å²) >= 11 is 3.00. The number of rotatable bonds is 5. The molecule has 1 aliphatic rings. The van der Waals surface area contributed by atoms with Crippen molar-refractivity contribution >= 4 is 39.2 Å². The fourth-order valence-corrected chi connectivity index (χ4v) is 5.23. The van der Waals surface area contributed by atoms with Crippen LogP contribution in [0.5, 0.6) is 0 Å². The summed E-state index contributed by atoms with van der Waals surface area (Å²) in [7, 11) is 0. The summed E-state index contributed by atoms with van der Waals surface area (Å²) in [6.45, 7) is 3.79. The Morgan fingerprint density at radius 2 is 1.96 bits per heavy atom. The van der Waals surface area contributed by atoms with Crippen molar-refractivity contribution in [2.24, 2.45) is 0 Å². The number of nitrogens with zero attached hydrogens (tertiary/aromatic N) is 2. The van der Waals surface area contributed by atoms with Crippen LogP contribution < -0.4 is 5.56 Å². The Hall–Kier alpha value is -2.12. The Balaban J connectivity index is 1.47. The van der Waals surface area contributed by atoms with E-state index >= 15 is 0 Å². The normalized spacial score (nSPS) is 14.5. The van der Waals surface area contributed by atoms with Gasteiger partial charge in [0, 0.05) is 24.0 Å². The van der Waals surface area contributed by atoms with E-state index < -0.39 is 0 Å². The predicted octanol–water partition coefficient (Wildman–Crippen LogP) is 4.21. The molecule has 2 aromatic heterocycles. The van der Waals surface area contributed by atoms with Crippen LogP contribution in [0.4, 0.5) is 0 Å². The van der Waals surface area contributed by atoms with E-state index in [0.29, 0.717) is 22.7 Å². The second kappa shape index (κ2) is 8.49. The van der Waals surface area contributed by atoms with Crippen LogP contribution in [0.2, 0.25) is 0 Å². The zero-order valence-corrected chi connectivity index (χ0v) is 17.5. The number of nitrogens with one attached hydrogen (secondary N) is 1. The number of aromatic amines is 1. The van der Waals surface area contributed by atoms with Gasteiger partial charge in [-0.2, -0.15) is 0 Å². The van der Waals surface area contributed by atoms with Crippen molar-refractivity contribution in [3.8, 4) is 11.1 Å². The highest BCUT2D eigenvalue weighted by molar-refractivity contribution is 7.99. The Morgan fingerprint density at radius 3 is 2.71 bits per heavy atom. The monoisotopic (exact) mass is 413 g/mol. The average molecular weight is 414 g/mol. The maximum atomic E-state index is 12.7. The van der Waals surface area contributed by atoms with Gasteiger partial charge in [0.2, 0.25) is 5.91 Å². The van der Waals surface area contributed by atoms with E-state index in [1.54, 1.807) is 0 Å². The molecule has 3 aromatic rings. The molecule has 7 heteroatoms. The summed E-state index contributed by atoms with van der Waals surface area (Å²) in [5.74, 6) is 1.78. The van der Waals surface area contributed by atoms with Crippen molar-refractivity contribution in [2.75, 3.05) is 18.8 Å². The molecule has 1 N–H and O–H groups in total. The molecule has 0 bridgehead atoms. The maximum absolute atomic E-state index is 12.7. The number of thiophene rings is 1. The third kappa shape index (κ3) is 4.15. The number of carbonyl (C=O) groups is 1. The number of aromatic nitrogens is 2. The molecule has 0 radical (unpaired) electrons. The number of hydrogen-bond acceptors (Lipinski definition) is 5. The standard InChI is InChI=1S/C21H23N3O2S2/c1-14-5-7-15(8-6-14)16-11-28-21-19(16)20(26)22-17(23-21)12-27-13-18(25)24-9-3-2-4-10-24/h5-8,11H,2-4,9-10,12-13H2,1H3,(H,22,23,26). The number of thioether (sulfide) groups is 1. The number of aryl methyl sites for hydroxylation is 1. The molecule has 1 fully saturated rings. The van der Waals surface area contributed by atoms with E-state index in [2.05, 4.69) is 9.97 Å². The molecule has 3 heterocycles. The molecule has 5 nitrogen and oxygen atoms in total. The third-order valence-corrected chi connectivity index (χ3v) is 6.83. The van der Waals surface area contributed by atoms with Crippen LogP contribution >= 0.6 is 23.1 Å². The van der Waals surface area contributed by atoms with Gasteiger partial charge in [-0.15, -0.1) is 23.1 Å². The van der Waals surface area contributed by atoms with Crippen LogP contribution in [0.25, 0.3) is 21.3 Å². The van der Waals surface area contributed by atoms with Crippen molar-refractivity contribution in [3.05, 3.63) is 51.4 Å². The van der Waals surface area contributed by atoms with E-state index in [4.69, 9.17) is 0 Å². The molecule has 1 saturated heterocycles. The number of likely N-dealkylation sites (tertiary alicyclic amines) is 1. The number of piperidine rings is 1. The number of hydrogen-bond donors (Lipinski definition) is 1. The minimum absolute atomic E-state index is 0.111. The Morgan fingerprint density at radius 1 is 1.21 bits per heavy atom. The number of H-pyrrole nitrogens is 1. The maximum Gasteiger partial charge on any atom is 0.260 e. The molecule has 28 heavy (non-hydrogen) atoms. The van der Waals surface area contributed by atoms with Crippen molar-refractivity contribution in [1.29, 1.82) is 0 Å². The topological polar surface area (TPSA) is 66.1 Å². The SMILES string of the molecule is Cc1ccc(-c2csc3nc(CSCC(=O)N4CCCCC4)[nH]c(=O)c23)cc1. The Kier molecular flexibility index (Phi) is 5.82. The number of benzene rings is 1. The van der Waals surface area contributed by atoms with Crippen LogP contribution in [0, 0.1) is 6.92 Å². The Labute approximate surface area is 172 Å². The quantitative estimate of drug-likeness (QED) is 0.681. The predicted molar refractivity (Wildman–Crippen MR) is 117 cm³/mol.